The number of ether oxygens (including phenoxy) is 1. The van der Waals surface area contributed by atoms with Crippen molar-refractivity contribution in [3.05, 3.63) is 82.5 Å². The average Bonchev–Trinajstić information content (AvgIpc) is 3.03. The highest BCUT2D eigenvalue weighted by Gasteiger charge is 2.30. The molecule has 0 saturated carbocycles. The molecular formula is C32H37Cl2N5O5. The molecule has 44 heavy (non-hydrogen) atoms. The largest absolute Gasteiger partial charge is 0.506 e. The van der Waals surface area contributed by atoms with Gasteiger partial charge in [0.15, 0.2) is 0 Å². The monoisotopic (exact) mass is 641 g/mol. The van der Waals surface area contributed by atoms with Crippen LogP contribution in [0.4, 0.5) is 11.5 Å². The van der Waals surface area contributed by atoms with E-state index in [0.717, 1.165) is 57.4 Å². The number of rotatable bonds is 9. The van der Waals surface area contributed by atoms with E-state index < -0.39 is 11.8 Å². The van der Waals surface area contributed by atoms with Gasteiger partial charge in [-0.1, -0.05) is 29.8 Å². The Morgan fingerprint density at radius 3 is 2.41 bits per heavy atom. The molecule has 1 aromatic heterocycles. The van der Waals surface area contributed by atoms with Gasteiger partial charge < -0.3 is 30.3 Å². The van der Waals surface area contributed by atoms with Gasteiger partial charge in [0.1, 0.15) is 11.6 Å². The molecule has 2 aliphatic heterocycles. The molecule has 1 unspecified atom stereocenters. The Morgan fingerprint density at radius 2 is 1.73 bits per heavy atom. The third kappa shape index (κ3) is 8.06. The SMILES string of the molecule is COC1CCN(CCN2CCCC(c3ccc(C(=O)Nc4c(O)cccc4C(=O)Nc4ccc(Cl)cn4)cc3)C2=O)CC1.Cl. The normalized spacial score (nSPS) is 17.5. The fourth-order valence-electron chi connectivity index (χ4n) is 5.65. The predicted molar refractivity (Wildman–Crippen MR) is 172 cm³/mol. The van der Waals surface area contributed by atoms with Crippen molar-refractivity contribution < 1.29 is 24.2 Å². The summed E-state index contributed by atoms with van der Waals surface area (Å²) in [5.74, 6) is -1.17. The molecule has 2 aromatic carbocycles. The number of halogens is 2. The van der Waals surface area contributed by atoms with Gasteiger partial charge in [0.2, 0.25) is 5.91 Å². The number of phenols is 1. The lowest BCUT2D eigenvalue weighted by Gasteiger charge is -2.36. The van der Waals surface area contributed by atoms with E-state index in [2.05, 4.69) is 20.5 Å². The van der Waals surface area contributed by atoms with Crippen molar-refractivity contribution in [2.45, 2.75) is 37.7 Å². The van der Waals surface area contributed by atoms with Crippen LogP contribution in [0.2, 0.25) is 5.02 Å². The summed E-state index contributed by atoms with van der Waals surface area (Å²) in [5.41, 5.74) is 1.24. The van der Waals surface area contributed by atoms with E-state index in [4.69, 9.17) is 16.3 Å². The number of carbonyl (C=O) groups excluding carboxylic acids is 3. The van der Waals surface area contributed by atoms with Crippen molar-refractivity contribution in [1.29, 1.82) is 0 Å². The van der Waals surface area contributed by atoms with Crippen molar-refractivity contribution >= 4 is 53.2 Å². The van der Waals surface area contributed by atoms with E-state index in [-0.39, 0.29) is 47.1 Å². The summed E-state index contributed by atoms with van der Waals surface area (Å²) in [5, 5.41) is 16.2. The topological polar surface area (TPSA) is 124 Å². The zero-order valence-electron chi connectivity index (χ0n) is 24.5. The van der Waals surface area contributed by atoms with Crippen molar-refractivity contribution in [2.75, 3.05) is 50.5 Å². The van der Waals surface area contributed by atoms with Crippen LogP contribution < -0.4 is 10.6 Å². The Bertz CT molecular complexity index is 1450. The van der Waals surface area contributed by atoms with Crippen LogP contribution >= 0.6 is 24.0 Å². The van der Waals surface area contributed by atoms with Gasteiger partial charge in [0.25, 0.3) is 11.8 Å². The summed E-state index contributed by atoms with van der Waals surface area (Å²) >= 11 is 5.86. The molecule has 12 heteroatoms. The average molecular weight is 643 g/mol. The second kappa shape index (κ2) is 15.3. The second-order valence-electron chi connectivity index (χ2n) is 10.9. The Hall–Kier alpha value is -3.70. The maximum absolute atomic E-state index is 13.4. The molecule has 1 atom stereocenters. The third-order valence-corrected chi connectivity index (χ3v) is 8.38. The molecule has 2 aliphatic rings. The zero-order chi connectivity index (χ0) is 30.3. The standard InChI is InChI=1S/C32H36ClN5O5.ClH/c1-43-24-13-16-37(17-14-24)18-19-38-15-3-5-25(32(38)42)21-7-9-22(10-8-21)30(40)36-29-26(4-2-6-27(29)39)31(41)35-28-12-11-23(33)20-34-28;/h2,4,6-12,20,24-25,39H,3,5,13-19H2,1H3,(H,36,40)(H,34,35,41);1H. The smallest absolute Gasteiger partial charge is 0.259 e. The van der Waals surface area contributed by atoms with Gasteiger partial charge in [-0.3, -0.25) is 14.4 Å². The van der Waals surface area contributed by atoms with Gasteiger partial charge in [-0.2, -0.15) is 0 Å². The van der Waals surface area contributed by atoms with Crippen LogP contribution in [-0.4, -0.2) is 83.5 Å². The van der Waals surface area contributed by atoms with E-state index in [1.165, 1.54) is 24.4 Å². The Kier molecular flexibility index (Phi) is 11.6. The summed E-state index contributed by atoms with van der Waals surface area (Å²) in [7, 11) is 1.76. The molecule has 0 spiro atoms. The second-order valence-corrected chi connectivity index (χ2v) is 11.3. The molecule has 2 fully saturated rings. The lowest BCUT2D eigenvalue weighted by Crippen LogP contribution is -2.46. The molecule has 10 nitrogen and oxygen atoms in total. The van der Waals surface area contributed by atoms with Crippen LogP contribution in [0.3, 0.4) is 0 Å². The molecule has 234 valence electrons. The van der Waals surface area contributed by atoms with Gasteiger partial charge in [-0.05, 0) is 67.6 Å². The van der Waals surface area contributed by atoms with Crippen LogP contribution in [-0.2, 0) is 9.53 Å². The molecule has 0 radical (unpaired) electrons. The lowest BCUT2D eigenvalue weighted by atomic mass is 9.89. The fraction of sp³-hybridized carbons (Fsp3) is 0.375. The number of phenolic OH excluding ortho intramolecular Hbond substituents is 1. The first kappa shape index (κ1) is 33.2. The van der Waals surface area contributed by atoms with Crippen molar-refractivity contribution in [3.63, 3.8) is 0 Å². The number of hydrogen-bond donors (Lipinski definition) is 3. The number of hydrogen-bond acceptors (Lipinski definition) is 7. The Balaban J connectivity index is 0.00000442. The van der Waals surface area contributed by atoms with Crippen molar-refractivity contribution in [2.24, 2.45) is 0 Å². The number of nitrogens with one attached hydrogen (secondary N) is 2. The Morgan fingerprint density at radius 1 is 0.977 bits per heavy atom. The summed E-state index contributed by atoms with van der Waals surface area (Å²) in [6.45, 7) is 4.30. The van der Waals surface area contributed by atoms with Crippen LogP contribution in [0.1, 0.15) is 57.9 Å². The number of benzene rings is 2. The number of para-hydroxylation sites is 1. The maximum Gasteiger partial charge on any atom is 0.259 e. The number of amides is 3. The number of anilines is 2. The Labute approximate surface area is 268 Å². The predicted octanol–water partition coefficient (Wildman–Crippen LogP) is 5.18. The minimum atomic E-state index is -0.559. The molecule has 3 N–H and O–H groups in total. The fourth-order valence-corrected chi connectivity index (χ4v) is 5.76. The van der Waals surface area contributed by atoms with Crippen LogP contribution in [0.25, 0.3) is 0 Å². The number of pyridine rings is 1. The quantitative estimate of drug-likeness (QED) is 0.275. The van der Waals surface area contributed by atoms with Gasteiger partial charge in [0, 0.05) is 51.6 Å². The number of aromatic nitrogens is 1. The van der Waals surface area contributed by atoms with E-state index in [1.54, 1.807) is 43.5 Å². The minimum absolute atomic E-state index is 0. The maximum atomic E-state index is 13.4. The van der Waals surface area contributed by atoms with Crippen molar-refractivity contribution in [3.8, 4) is 5.75 Å². The molecular weight excluding hydrogens is 605 g/mol. The summed E-state index contributed by atoms with van der Waals surface area (Å²) in [4.78, 5) is 47.9. The van der Waals surface area contributed by atoms with Gasteiger partial charge in [-0.25, -0.2) is 4.98 Å². The van der Waals surface area contributed by atoms with E-state index >= 15 is 0 Å². The summed E-state index contributed by atoms with van der Waals surface area (Å²) < 4.78 is 5.46. The number of nitrogens with zero attached hydrogens (tertiary/aromatic N) is 3. The van der Waals surface area contributed by atoms with E-state index in [0.29, 0.717) is 23.2 Å². The number of methoxy groups -OCH3 is 1. The third-order valence-electron chi connectivity index (χ3n) is 8.15. The lowest BCUT2D eigenvalue weighted by molar-refractivity contribution is -0.135. The van der Waals surface area contributed by atoms with Gasteiger partial charge in [0.05, 0.1) is 28.3 Å². The highest BCUT2D eigenvalue weighted by Crippen LogP contribution is 2.31. The summed E-state index contributed by atoms with van der Waals surface area (Å²) in [6.07, 6.45) is 5.46. The van der Waals surface area contributed by atoms with Crippen LogP contribution in [0.5, 0.6) is 5.75 Å². The van der Waals surface area contributed by atoms with Gasteiger partial charge >= 0.3 is 0 Å². The molecule has 3 heterocycles. The number of likely N-dealkylation sites (tertiary alicyclic amines) is 2. The first-order valence-electron chi connectivity index (χ1n) is 14.5. The number of piperidine rings is 2. The molecule has 0 bridgehead atoms. The van der Waals surface area contributed by atoms with Crippen molar-refractivity contribution in [1.82, 2.24) is 14.8 Å². The first-order valence-corrected chi connectivity index (χ1v) is 14.9. The molecule has 2 saturated heterocycles. The van der Waals surface area contributed by atoms with E-state index in [9.17, 15) is 19.5 Å². The summed E-state index contributed by atoms with van der Waals surface area (Å²) in [6, 6.07) is 14.5. The zero-order valence-corrected chi connectivity index (χ0v) is 26.1. The minimum Gasteiger partial charge on any atom is -0.506 e. The number of aromatic hydroxyl groups is 1. The van der Waals surface area contributed by atoms with Gasteiger partial charge in [-0.15, -0.1) is 12.4 Å². The van der Waals surface area contributed by atoms with Crippen LogP contribution in [0.15, 0.2) is 60.8 Å². The molecule has 5 rings (SSSR count). The first-order chi connectivity index (χ1) is 20.8. The highest BCUT2D eigenvalue weighted by atomic mass is 35.5. The van der Waals surface area contributed by atoms with Crippen LogP contribution in [0, 0.1) is 0 Å². The highest BCUT2D eigenvalue weighted by molar-refractivity contribution is 6.30. The van der Waals surface area contributed by atoms with E-state index in [1.807, 2.05) is 4.90 Å². The molecule has 0 aliphatic carbocycles. The molecule has 3 aromatic rings. The number of carbonyl (C=O) groups is 3. The molecule has 3 amide bonds.